The lowest BCUT2D eigenvalue weighted by atomic mass is 10.0. The molecule has 1 aliphatic rings. The van der Waals surface area contributed by atoms with Crippen molar-refractivity contribution in [2.24, 2.45) is 5.92 Å². The summed E-state index contributed by atoms with van der Waals surface area (Å²) in [6.45, 7) is 3.90. The van der Waals surface area contributed by atoms with Crippen LogP contribution in [0.5, 0.6) is 0 Å². The predicted molar refractivity (Wildman–Crippen MR) is 84.1 cm³/mol. The van der Waals surface area contributed by atoms with Crippen molar-refractivity contribution in [3.63, 3.8) is 0 Å². The summed E-state index contributed by atoms with van der Waals surface area (Å²) in [5.74, 6) is -0.220. The van der Waals surface area contributed by atoms with Crippen LogP contribution in [0.4, 0.5) is 10.7 Å². The number of piperidine rings is 1. The van der Waals surface area contributed by atoms with Gasteiger partial charge in [0, 0.05) is 20.1 Å². The number of hydrogen-bond acceptors (Lipinski definition) is 6. The smallest absolute Gasteiger partial charge is 0.343 e. The number of nitrogens with two attached hydrogens (primary N) is 1. The maximum Gasteiger partial charge on any atom is 0.343 e. The van der Waals surface area contributed by atoms with E-state index in [4.69, 9.17) is 10.5 Å². The van der Waals surface area contributed by atoms with Crippen molar-refractivity contribution in [2.75, 3.05) is 37.9 Å². The van der Waals surface area contributed by atoms with Gasteiger partial charge in [-0.3, -0.25) is 4.79 Å². The number of anilines is 2. The highest BCUT2D eigenvalue weighted by atomic mass is 32.1. The molecule has 0 aromatic carbocycles. The lowest BCUT2D eigenvalue weighted by Gasteiger charge is -2.32. The fourth-order valence-corrected chi connectivity index (χ4v) is 3.80. The number of nitrogen functional groups attached to an aromatic ring is 1. The van der Waals surface area contributed by atoms with Gasteiger partial charge < -0.3 is 20.7 Å². The van der Waals surface area contributed by atoms with Gasteiger partial charge in [0.05, 0.1) is 12.8 Å². The third-order valence-corrected chi connectivity index (χ3v) is 4.96. The Morgan fingerprint density at radius 3 is 2.76 bits per heavy atom. The zero-order valence-electron chi connectivity index (χ0n) is 12.6. The Morgan fingerprint density at radius 2 is 2.19 bits per heavy atom. The highest BCUT2D eigenvalue weighted by molar-refractivity contribution is 7.19. The molecular formula is C14H21N3O3S. The normalized spacial score (nSPS) is 18.4. The monoisotopic (exact) mass is 311 g/mol. The molecule has 0 spiro atoms. The molecule has 21 heavy (non-hydrogen) atoms. The zero-order valence-corrected chi connectivity index (χ0v) is 13.4. The van der Waals surface area contributed by atoms with E-state index in [1.165, 1.54) is 24.9 Å². The first-order valence-electron chi connectivity index (χ1n) is 6.97. The van der Waals surface area contributed by atoms with E-state index >= 15 is 0 Å². The van der Waals surface area contributed by atoms with Gasteiger partial charge in [0.25, 0.3) is 5.91 Å². The SMILES string of the molecule is CNC(=O)c1sc(N2CCCC(C)C2)c(C(=O)OC)c1N. The van der Waals surface area contributed by atoms with E-state index in [9.17, 15) is 9.59 Å². The second-order valence-corrected chi connectivity index (χ2v) is 6.29. The summed E-state index contributed by atoms with van der Waals surface area (Å²) in [4.78, 5) is 26.5. The van der Waals surface area contributed by atoms with E-state index < -0.39 is 5.97 Å². The number of nitrogens with zero attached hydrogens (tertiary/aromatic N) is 1. The molecule has 1 saturated heterocycles. The molecule has 1 amide bonds. The van der Waals surface area contributed by atoms with Gasteiger partial charge in [-0.2, -0.15) is 0 Å². The highest BCUT2D eigenvalue weighted by Gasteiger charge is 2.30. The molecule has 0 radical (unpaired) electrons. The molecule has 3 N–H and O–H groups in total. The van der Waals surface area contributed by atoms with Crippen LogP contribution < -0.4 is 16.0 Å². The van der Waals surface area contributed by atoms with Crippen molar-refractivity contribution < 1.29 is 14.3 Å². The largest absolute Gasteiger partial charge is 0.465 e. The number of hydrogen-bond donors (Lipinski definition) is 2. The fraction of sp³-hybridized carbons (Fsp3) is 0.571. The summed E-state index contributed by atoms with van der Waals surface area (Å²) < 4.78 is 4.83. The Morgan fingerprint density at radius 1 is 1.48 bits per heavy atom. The molecule has 1 aromatic heterocycles. The van der Waals surface area contributed by atoms with Gasteiger partial charge in [0.2, 0.25) is 0 Å². The molecule has 0 saturated carbocycles. The maximum absolute atomic E-state index is 12.0. The van der Waals surface area contributed by atoms with Crippen LogP contribution in [-0.2, 0) is 4.74 Å². The molecule has 1 unspecified atom stereocenters. The standard InChI is InChI=1S/C14H21N3O3S/c1-8-5-4-6-17(7-8)13-9(14(19)20-3)10(15)11(21-13)12(18)16-2/h8H,4-7,15H2,1-3H3,(H,16,18). The predicted octanol–water partition coefficient (Wildman–Crippen LogP) is 1.71. The van der Waals surface area contributed by atoms with Crippen molar-refractivity contribution in [2.45, 2.75) is 19.8 Å². The first kappa shape index (κ1) is 15.6. The summed E-state index contributed by atoms with van der Waals surface area (Å²) in [7, 11) is 2.86. The zero-order chi connectivity index (χ0) is 15.6. The molecule has 1 aliphatic heterocycles. The molecule has 1 atom stereocenters. The second kappa shape index (κ2) is 6.34. The summed E-state index contributed by atoms with van der Waals surface area (Å²) in [6.07, 6.45) is 2.24. The van der Waals surface area contributed by atoms with Gasteiger partial charge >= 0.3 is 5.97 Å². The van der Waals surface area contributed by atoms with E-state index in [0.717, 1.165) is 24.5 Å². The Bertz CT molecular complexity index is 556. The van der Waals surface area contributed by atoms with Crippen molar-refractivity contribution in [3.8, 4) is 0 Å². The lowest BCUT2D eigenvalue weighted by Crippen LogP contribution is -2.34. The van der Waals surface area contributed by atoms with Crippen LogP contribution in [0, 0.1) is 5.92 Å². The van der Waals surface area contributed by atoms with Crippen LogP contribution in [-0.4, -0.2) is 39.1 Å². The van der Waals surface area contributed by atoms with Crippen molar-refractivity contribution in [1.29, 1.82) is 0 Å². The Hall–Kier alpha value is -1.76. The molecule has 2 heterocycles. The van der Waals surface area contributed by atoms with E-state index in [1.54, 1.807) is 7.05 Å². The quantitative estimate of drug-likeness (QED) is 0.830. The van der Waals surface area contributed by atoms with E-state index in [-0.39, 0.29) is 11.6 Å². The average molecular weight is 311 g/mol. The van der Waals surface area contributed by atoms with Crippen LogP contribution in [0.25, 0.3) is 0 Å². The topological polar surface area (TPSA) is 84.7 Å². The number of ether oxygens (including phenoxy) is 1. The molecule has 0 aliphatic carbocycles. The molecule has 1 fully saturated rings. The van der Waals surface area contributed by atoms with Gasteiger partial charge in [-0.1, -0.05) is 6.92 Å². The van der Waals surface area contributed by atoms with Gasteiger partial charge in [-0.25, -0.2) is 4.79 Å². The van der Waals surface area contributed by atoms with Crippen LogP contribution in [0.1, 0.15) is 39.8 Å². The first-order valence-corrected chi connectivity index (χ1v) is 7.78. The third-order valence-electron chi connectivity index (χ3n) is 3.69. The van der Waals surface area contributed by atoms with Crippen molar-refractivity contribution in [3.05, 3.63) is 10.4 Å². The van der Waals surface area contributed by atoms with Gasteiger partial charge in [-0.05, 0) is 18.8 Å². The first-order chi connectivity index (χ1) is 9.99. The van der Waals surface area contributed by atoms with Gasteiger partial charge in [-0.15, -0.1) is 11.3 Å². The number of nitrogens with one attached hydrogen (secondary N) is 1. The second-order valence-electron chi connectivity index (χ2n) is 5.29. The number of methoxy groups -OCH3 is 1. The molecule has 1 aromatic rings. The number of carbonyl (C=O) groups excluding carboxylic acids is 2. The summed E-state index contributed by atoms with van der Waals surface area (Å²) in [5, 5.41) is 3.29. The lowest BCUT2D eigenvalue weighted by molar-refractivity contribution is 0.0603. The van der Waals surface area contributed by atoms with Crippen LogP contribution in [0.3, 0.4) is 0 Å². The Kier molecular flexibility index (Phi) is 4.72. The average Bonchev–Trinajstić information content (AvgIpc) is 2.83. The van der Waals surface area contributed by atoms with Crippen LogP contribution in [0.15, 0.2) is 0 Å². The minimum Gasteiger partial charge on any atom is -0.465 e. The molecule has 116 valence electrons. The van der Waals surface area contributed by atoms with E-state index in [2.05, 4.69) is 17.1 Å². The number of esters is 1. The van der Waals surface area contributed by atoms with Crippen molar-refractivity contribution in [1.82, 2.24) is 5.32 Å². The third kappa shape index (κ3) is 2.97. The Labute approximate surface area is 128 Å². The number of rotatable bonds is 3. The minimum absolute atomic E-state index is 0.208. The summed E-state index contributed by atoms with van der Waals surface area (Å²) in [6, 6.07) is 0. The minimum atomic E-state index is -0.493. The number of carbonyl (C=O) groups is 2. The molecule has 6 nitrogen and oxygen atoms in total. The van der Waals surface area contributed by atoms with Gasteiger partial charge in [0.15, 0.2) is 0 Å². The van der Waals surface area contributed by atoms with Crippen molar-refractivity contribution >= 4 is 33.9 Å². The summed E-state index contributed by atoms with van der Waals surface area (Å²) in [5.41, 5.74) is 6.54. The van der Waals surface area contributed by atoms with E-state index in [1.807, 2.05) is 0 Å². The molecular weight excluding hydrogens is 290 g/mol. The number of amides is 1. The molecule has 0 bridgehead atoms. The van der Waals surface area contributed by atoms with Gasteiger partial charge in [0.1, 0.15) is 15.4 Å². The fourth-order valence-electron chi connectivity index (χ4n) is 2.61. The summed E-state index contributed by atoms with van der Waals surface area (Å²) >= 11 is 1.26. The van der Waals surface area contributed by atoms with Crippen LogP contribution >= 0.6 is 11.3 Å². The molecule has 2 rings (SSSR count). The highest BCUT2D eigenvalue weighted by Crippen LogP contribution is 2.40. The maximum atomic E-state index is 12.0. The molecule has 7 heteroatoms. The number of thiophene rings is 1. The Balaban J connectivity index is 2.47. The van der Waals surface area contributed by atoms with Crippen LogP contribution in [0.2, 0.25) is 0 Å². The van der Waals surface area contributed by atoms with E-state index in [0.29, 0.717) is 16.4 Å².